The minimum atomic E-state index is -0.509. The Kier molecular flexibility index (Phi) is 1.76. The van der Waals surface area contributed by atoms with Crippen LogP contribution in [0.15, 0.2) is 0 Å². The molecule has 2 unspecified atom stereocenters. The van der Waals surface area contributed by atoms with Gasteiger partial charge in [0, 0.05) is 12.1 Å². The fourth-order valence-electron chi connectivity index (χ4n) is 3.82. The lowest BCUT2D eigenvalue weighted by atomic mass is 9.82. The van der Waals surface area contributed by atoms with Gasteiger partial charge in [-0.3, -0.25) is 4.90 Å². The maximum Gasteiger partial charge on any atom is 0.182 e. The summed E-state index contributed by atoms with van der Waals surface area (Å²) in [5, 5.41) is 9.19. The summed E-state index contributed by atoms with van der Waals surface area (Å²) in [6, 6.07) is 3.58. The van der Waals surface area contributed by atoms with Crippen LogP contribution in [0.25, 0.3) is 0 Å². The predicted molar refractivity (Wildman–Crippen MR) is 56.3 cm³/mol. The van der Waals surface area contributed by atoms with E-state index in [4.69, 9.17) is 4.74 Å². The van der Waals surface area contributed by atoms with Crippen LogP contribution in [0.4, 0.5) is 0 Å². The number of ether oxygens (including phenoxy) is 1. The van der Waals surface area contributed by atoms with E-state index in [1.165, 1.54) is 25.7 Å². The van der Waals surface area contributed by atoms with Crippen LogP contribution in [0, 0.1) is 11.3 Å². The highest BCUT2D eigenvalue weighted by molar-refractivity contribution is 5.30. The van der Waals surface area contributed by atoms with Crippen LogP contribution in [0.3, 0.4) is 0 Å². The fraction of sp³-hybridized carbons (Fsp3) is 0.917. The smallest absolute Gasteiger partial charge is 0.182 e. The van der Waals surface area contributed by atoms with Gasteiger partial charge in [-0.25, -0.2) is 0 Å². The summed E-state index contributed by atoms with van der Waals surface area (Å²) in [7, 11) is 2.20. The first kappa shape index (κ1) is 9.62. The molecule has 0 aromatic carbocycles. The van der Waals surface area contributed by atoms with Crippen molar-refractivity contribution in [2.24, 2.45) is 0 Å². The minimum Gasteiger partial charge on any atom is -0.345 e. The van der Waals surface area contributed by atoms with Crippen molar-refractivity contribution in [2.75, 3.05) is 7.05 Å². The molecule has 0 saturated carbocycles. The second-order valence-corrected chi connectivity index (χ2v) is 5.44. The molecule has 0 radical (unpaired) electrons. The van der Waals surface area contributed by atoms with Gasteiger partial charge in [0.15, 0.2) is 5.60 Å². The monoisotopic (exact) mass is 206 g/mol. The molecular formula is C12H18N2O. The average Bonchev–Trinajstić information content (AvgIpc) is 2.68. The van der Waals surface area contributed by atoms with E-state index < -0.39 is 5.60 Å². The SMILES string of the molecule is CN1[C@H]2CCCC3(OC3(C)C#N)[C@@H]1CC2. The number of hydrogen-bond donors (Lipinski definition) is 0. The molecule has 0 aromatic heterocycles. The number of epoxide rings is 1. The van der Waals surface area contributed by atoms with Crippen molar-refractivity contribution in [3.05, 3.63) is 0 Å². The van der Waals surface area contributed by atoms with E-state index >= 15 is 0 Å². The predicted octanol–water partition coefficient (Wildman–Crippen LogP) is 1.68. The molecule has 3 fully saturated rings. The summed E-state index contributed by atoms with van der Waals surface area (Å²) in [6.45, 7) is 1.96. The lowest BCUT2D eigenvalue weighted by molar-refractivity contribution is 0.153. The third kappa shape index (κ3) is 1.02. The molecule has 3 heteroatoms. The van der Waals surface area contributed by atoms with E-state index in [0.717, 1.165) is 12.5 Å². The molecule has 3 saturated heterocycles. The van der Waals surface area contributed by atoms with Gasteiger partial charge in [-0.1, -0.05) is 0 Å². The molecule has 0 aromatic rings. The van der Waals surface area contributed by atoms with Crippen molar-refractivity contribution in [3.8, 4) is 6.07 Å². The molecular weight excluding hydrogens is 188 g/mol. The van der Waals surface area contributed by atoms with E-state index in [2.05, 4.69) is 18.0 Å². The summed E-state index contributed by atoms with van der Waals surface area (Å²) >= 11 is 0. The van der Waals surface area contributed by atoms with Gasteiger partial charge in [0.2, 0.25) is 0 Å². The highest BCUT2D eigenvalue weighted by Crippen LogP contribution is 2.58. The van der Waals surface area contributed by atoms with E-state index in [-0.39, 0.29) is 5.60 Å². The molecule has 1 spiro atoms. The van der Waals surface area contributed by atoms with Gasteiger partial charge < -0.3 is 4.74 Å². The normalized spacial score (nSPS) is 53.9. The molecule has 3 aliphatic rings. The lowest BCUT2D eigenvalue weighted by Gasteiger charge is -2.27. The maximum absolute atomic E-state index is 9.19. The van der Waals surface area contributed by atoms with Crippen LogP contribution in [0.5, 0.6) is 0 Å². The Labute approximate surface area is 91.0 Å². The first-order valence-corrected chi connectivity index (χ1v) is 5.96. The van der Waals surface area contributed by atoms with Crippen molar-refractivity contribution in [1.29, 1.82) is 5.26 Å². The van der Waals surface area contributed by atoms with Crippen molar-refractivity contribution in [3.63, 3.8) is 0 Å². The van der Waals surface area contributed by atoms with E-state index in [9.17, 15) is 5.26 Å². The van der Waals surface area contributed by atoms with Gasteiger partial charge in [-0.2, -0.15) is 5.26 Å². The number of fused-ring (bicyclic) bond motifs is 3. The molecule has 0 amide bonds. The molecule has 3 aliphatic heterocycles. The van der Waals surface area contributed by atoms with E-state index in [0.29, 0.717) is 6.04 Å². The Morgan fingerprint density at radius 3 is 2.87 bits per heavy atom. The number of hydrogen-bond acceptors (Lipinski definition) is 3. The zero-order valence-electron chi connectivity index (χ0n) is 9.49. The van der Waals surface area contributed by atoms with Crippen LogP contribution in [0.2, 0.25) is 0 Å². The average molecular weight is 206 g/mol. The lowest BCUT2D eigenvalue weighted by Crippen LogP contribution is -2.43. The Bertz CT molecular complexity index is 337. The first-order valence-electron chi connectivity index (χ1n) is 5.96. The van der Waals surface area contributed by atoms with E-state index in [1.807, 2.05) is 6.92 Å². The highest BCUT2D eigenvalue weighted by Gasteiger charge is 2.73. The first-order chi connectivity index (χ1) is 7.13. The topological polar surface area (TPSA) is 39.6 Å². The van der Waals surface area contributed by atoms with Gasteiger partial charge in [-0.15, -0.1) is 0 Å². The zero-order chi connectivity index (χ0) is 10.7. The quantitative estimate of drug-likeness (QED) is 0.566. The number of likely N-dealkylation sites (N-methyl/N-ethyl adjacent to an activating group) is 1. The maximum atomic E-state index is 9.19. The Morgan fingerprint density at radius 2 is 2.20 bits per heavy atom. The Morgan fingerprint density at radius 1 is 1.40 bits per heavy atom. The van der Waals surface area contributed by atoms with Crippen molar-refractivity contribution < 1.29 is 4.74 Å². The van der Waals surface area contributed by atoms with E-state index in [1.54, 1.807) is 0 Å². The molecule has 2 bridgehead atoms. The summed E-state index contributed by atoms with van der Waals surface area (Å²) in [4.78, 5) is 2.47. The fourth-order valence-corrected chi connectivity index (χ4v) is 3.82. The van der Waals surface area contributed by atoms with Gasteiger partial charge in [0.1, 0.15) is 11.7 Å². The van der Waals surface area contributed by atoms with Gasteiger partial charge in [-0.05, 0) is 46.1 Å². The van der Waals surface area contributed by atoms with Gasteiger partial charge in [0.25, 0.3) is 0 Å². The Hall–Kier alpha value is -0.590. The molecule has 3 nitrogen and oxygen atoms in total. The van der Waals surface area contributed by atoms with Crippen molar-refractivity contribution in [1.82, 2.24) is 4.90 Å². The summed E-state index contributed by atoms with van der Waals surface area (Å²) < 4.78 is 5.86. The molecule has 0 N–H and O–H groups in total. The second kappa shape index (κ2) is 2.75. The largest absolute Gasteiger partial charge is 0.345 e. The van der Waals surface area contributed by atoms with Gasteiger partial charge in [0.05, 0.1) is 0 Å². The highest BCUT2D eigenvalue weighted by atomic mass is 16.6. The Balaban J connectivity index is 1.95. The van der Waals surface area contributed by atoms with Crippen molar-refractivity contribution in [2.45, 2.75) is 62.3 Å². The minimum absolute atomic E-state index is 0.137. The van der Waals surface area contributed by atoms with Gasteiger partial charge >= 0.3 is 0 Å². The van der Waals surface area contributed by atoms with Crippen LogP contribution in [-0.2, 0) is 4.74 Å². The summed E-state index contributed by atoms with van der Waals surface area (Å²) in [5.41, 5.74) is -0.646. The third-order valence-electron chi connectivity index (χ3n) is 4.83. The van der Waals surface area contributed by atoms with Crippen LogP contribution < -0.4 is 0 Å². The van der Waals surface area contributed by atoms with Crippen LogP contribution in [0.1, 0.15) is 39.0 Å². The standard InChI is InChI=1S/C12H18N2O/c1-11(8-13)12(15-11)7-3-4-9-5-6-10(12)14(9)2/h9-10H,3-7H2,1-2H3/t9-,10-,11?,12?/m0/s1. The molecule has 4 atom stereocenters. The second-order valence-electron chi connectivity index (χ2n) is 5.44. The van der Waals surface area contributed by atoms with Crippen molar-refractivity contribution >= 4 is 0 Å². The van der Waals surface area contributed by atoms with Crippen LogP contribution >= 0.6 is 0 Å². The number of rotatable bonds is 0. The van der Waals surface area contributed by atoms with Crippen LogP contribution in [-0.4, -0.2) is 35.2 Å². The molecule has 3 rings (SSSR count). The molecule has 3 heterocycles. The number of nitriles is 1. The molecule has 82 valence electrons. The molecule has 0 aliphatic carbocycles. The third-order valence-corrected chi connectivity index (χ3v) is 4.83. The number of nitrogens with zero attached hydrogens (tertiary/aromatic N) is 2. The zero-order valence-corrected chi connectivity index (χ0v) is 9.49. The summed E-state index contributed by atoms with van der Waals surface area (Å²) in [5.74, 6) is 0. The molecule has 15 heavy (non-hydrogen) atoms. The summed E-state index contributed by atoms with van der Waals surface area (Å²) in [6.07, 6.45) is 6.05.